The maximum Gasteiger partial charge on any atom is 0.416 e. The van der Waals surface area contributed by atoms with Crippen LogP contribution >= 0.6 is 0 Å². The fraction of sp³-hybridized carbons (Fsp3) is 0.167. The largest absolute Gasteiger partial charge is 0.444 e. The molecule has 0 bridgehead atoms. The molecule has 0 amide bonds. The van der Waals surface area contributed by atoms with Crippen LogP contribution in [0.4, 0.5) is 13.2 Å². The lowest BCUT2D eigenvalue weighted by Crippen LogP contribution is -2.03. The number of aliphatic hydroxyl groups is 1. The number of nitrogens with zero attached hydrogens (tertiary/aromatic N) is 1. The lowest BCUT2D eigenvalue weighted by Gasteiger charge is -2.05. The van der Waals surface area contributed by atoms with Crippen molar-refractivity contribution in [3.05, 3.63) is 41.8 Å². The lowest BCUT2D eigenvalue weighted by molar-refractivity contribution is -0.137. The molecule has 1 heterocycles. The third kappa shape index (κ3) is 3.65. The highest BCUT2D eigenvalue weighted by Gasteiger charge is 2.30. The normalized spacial score (nSPS) is 10.6. The molecule has 19 heavy (non-hydrogen) atoms. The van der Waals surface area contributed by atoms with Crippen LogP contribution < -0.4 is 0 Å². The second-order valence-electron chi connectivity index (χ2n) is 3.27. The smallest absolute Gasteiger partial charge is 0.416 e. The van der Waals surface area contributed by atoms with E-state index >= 15 is 0 Å². The van der Waals surface area contributed by atoms with Crippen molar-refractivity contribution in [2.24, 2.45) is 0 Å². The molecule has 0 saturated heterocycles. The Labute approximate surface area is 106 Å². The number of oxazole rings is 1. The summed E-state index contributed by atoms with van der Waals surface area (Å²) in [5.41, 5.74) is -0.269. The maximum absolute atomic E-state index is 12.3. The highest BCUT2D eigenvalue weighted by molar-refractivity contribution is 5.72. The van der Waals surface area contributed by atoms with Gasteiger partial charge in [-0.15, -0.1) is 0 Å². The molecule has 4 nitrogen and oxygen atoms in total. The molecule has 0 unspecified atom stereocenters. The van der Waals surface area contributed by atoms with Gasteiger partial charge in [-0.2, -0.15) is 13.2 Å². The number of carbonyl (C=O) groups excluding carboxylic acids is 1. The lowest BCUT2D eigenvalue weighted by atomic mass is 10.1. The van der Waals surface area contributed by atoms with Gasteiger partial charge in [0.25, 0.3) is 0 Å². The van der Waals surface area contributed by atoms with E-state index in [0.29, 0.717) is 11.8 Å². The number of alkyl halides is 3. The van der Waals surface area contributed by atoms with Crippen molar-refractivity contribution in [1.82, 2.24) is 4.98 Å². The molecule has 0 aliphatic carbocycles. The van der Waals surface area contributed by atoms with E-state index in [0.717, 1.165) is 25.5 Å². The van der Waals surface area contributed by atoms with E-state index in [1.165, 1.54) is 12.1 Å². The third-order valence-electron chi connectivity index (χ3n) is 2.10. The summed E-state index contributed by atoms with van der Waals surface area (Å²) in [6.45, 7) is 0. The van der Waals surface area contributed by atoms with E-state index in [9.17, 15) is 18.0 Å². The monoisotopic (exact) mass is 273 g/mol. The fourth-order valence-electron chi connectivity index (χ4n) is 1.27. The van der Waals surface area contributed by atoms with E-state index in [4.69, 9.17) is 9.52 Å². The third-order valence-corrected chi connectivity index (χ3v) is 2.10. The van der Waals surface area contributed by atoms with E-state index in [2.05, 4.69) is 4.98 Å². The van der Waals surface area contributed by atoms with Crippen LogP contribution in [0.2, 0.25) is 0 Å². The van der Waals surface area contributed by atoms with Crippen molar-refractivity contribution in [3.8, 4) is 11.5 Å². The first-order valence-corrected chi connectivity index (χ1v) is 5.04. The molecule has 1 N–H and O–H groups in total. The summed E-state index contributed by atoms with van der Waals surface area (Å²) in [6, 6.07) is 4.34. The zero-order valence-electron chi connectivity index (χ0n) is 9.81. The molecule has 1 aromatic carbocycles. The van der Waals surface area contributed by atoms with E-state index in [1.807, 2.05) is 0 Å². The van der Waals surface area contributed by atoms with Gasteiger partial charge in [0.2, 0.25) is 5.89 Å². The Morgan fingerprint density at radius 3 is 2.21 bits per heavy atom. The summed E-state index contributed by atoms with van der Waals surface area (Å²) in [5, 5.41) is 7.00. The Morgan fingerprint density at radius 1 is 1.21 bits per heavy atom. The molecule has 2 aromatic rings. The van der Waals surface area contributed by atoms with Crippen LogP contribution in [0.15, 0.2) is 34.9 Å². The zero-order chi connectivity index (χ0) is 14.5. The van der Waals surface area contributed by atoms with Crippen LogP contribution in [0, 0.1) is 0 Å². The van der Waals surface area contributed by atoms with Gasteiger partial charge in [-0.05, 0) is 24.3 Å². The number of carbonyl (C=O) groups is 1. The zero-order valence-corrected chi connectivity index (χ0v) is 9.81. The topological polar surface area (TPSA) is 63.3 Å². The maximum atomic E-state index is 12.3. The second kappa shape index (κ2) is 6.14. The fourth-order valence-corrected chi connectivity index (χ4v) is 1.27. The number of halogens is 3. The number of benzene rings is 1. The number of aldehydes is 1. The SMILES string of the molecule is CO.O=Cc1coc(-c2ccc(C(F)(F)F)cc2)n1. The standard InChI is InChI=1S/C11H6F3NO2.CH4O/c12-11(13,14)8-3-1-7(2-4-8)10-15-9(5-16)6-17-10;1-2/h1-6H;2H,1H3. The van der Waals surface area contributed by atoms with E-state index in [-0.39, 0.29) is 11.6 Å². The molecule has 0 radical (unpaired) electrons. The van der Waals surface area contributed by atoms with Crippen molar-refractivity contribution < 1.29 is 27.5 Å². The van der Waals surface area contributed by atoms with Gasteiger partial charge in [0.15, 0.2) is 6.29 Å². The average Bonchev–Trinajstić information content (AvgIpc) is 2.89. The minimum Gasteiger partial charge on any atom is -0.444 e. The van der Waals surface area contributed by atoms with Crippen LogP contribution in [0.5, 0.6) is 0 Å². The number of hydrogen-bond donors (Lipinski definition) is 1. The van der Waals surface area contributed by atoms with Crippen LogP contribution in [0.25, 0.3) is 11.5 Å². The number of aromatic nitrogens is 1. The van der Waals surface area contributed by atoms with Crippen molar-refractivity contribution in [2.45, 2.75) is 6.18 Å². The Balaban J connectivity index is 0.000000861. The highest BCUT2D eigenvalue weighted by Crippen LogP contribution is 2.30. The molecule has 0 saturated carbocycles. The Bertz CT molecular complexity index is 532. The Morgan fingerprint density at radius 2 is 1.79 bits per heavy atom. The van der Waals surface area contributed by atoms with Crippen LogP contribution in [-0.4, -0.2) is 23.5 Å². The van der Waals surface area contributed by atoms with Crippen LogP contribution in [0.3, 0.4) is 0 Å². The van der Waals surface area contributed by atoms with Crippen molar-refractivity contribution in [2.75, 3.05) is 7.11 Å². The highest BCUT2D eigenvalue weighted by atomic mass is 19.4. The molecule has 0 spiro atoms. The summed E-state index contributed by atoms with van der Waals surface area (Å²) >= 11 is 0. The summed E-state index contributed by atoms with van der Waals surface area (Å²) in [6.07, 6.45) is -2.74. The first-order chi connectivity index (χ1) is 9.00. The van der Waals surface area contributed by atoms with Crippen molar-refractivity contribution in [1.29, 1.82) is 0 Å². The van der Waals surface area contributed by atoms with Gasteiger partial charge in [-0.1, -0.05) is 0 Å². The molecule has 102 valence electrons. The first-order valence-electron chi connectivity index (χ1n) is 5.04. The number of hydrogen-bond acceptors (Lipinski definition) is 4. The van der Waals surface area contributed by atoms with Crippen LogP contribution in [0.1, 0.15) is 16.1 Å². The molecule has 7 heteroatoms. The van der Waals surface area contributed by atoms with Gasteiger partial charge in [0.1, 0.15) is 12.0 Å². The van der Waals surface area contributed by atoms with Crippen LogP contribution in [-0.2, 0) is 6.18 Å². The van der Waals surface area contributed by atoms with Gasteiger partial charge < -0.3 is 9.52 Å². The molecule has 1 aromatic heterocycles. The molecule has 0 aliphatic rings. The average molecular weight is 273 g/mol. The van der Waals surface area contributed by atoms with Gasteiger partial charge in [-0.3, -0.25) is 4.79 Å². The predicted molar refractivity (Wildman–Crippen MR) is 60.5 cm³/mol. The molecular weight excluding hydrogens is 263 g/mol. The van der Waals surface area contributed by atoms with Gasteiger partial charge in [0, 0.05) is 12.7 Å². The minimum atomic E-state index is -4.37. The number of rotatable bonds is 2. The Kier molecular flexibility index (Phi) is 4.82. The minimum absolute atomic E-state index is 0.0971. The van der Waals surface area contributed by atoms with E-state index < -0.39 is 11.7 Å². The Hall–Kier alpha value is -2.15. The summed E-state index contributed by atoms with van der Waals surface area (Å²) < 4.78 is 41.8. The molecule has 0 atom stereocenters. The van der Waals surface area contributed by atoms with Gasteiger partial charge in [-0.25, -0.2) is 4.98 Å². The summed E-state index contributed by atoms with van der Waals surface area (Å²) in [4.78, 5) is 14.1. The van der Waals surface area contributed by atoms with Crippen molar-refractivity contribution in [3.63, 3.8) is 0 Å². The van der Waals surface area contributed by atoms with Crippen molar-refractivity contribution >= 4 is 6.29 Å². The number of aliphatic hydroxyl groups excluding tert-OH is 1. The molecule has 0 fully saturated rings. The second-order valence-corrected chi connectivity index (χ2v) is 3.27. The summed E-state index contributed by atoms with van der Waals surface area (Å²) in [5.74, 6) is 0.112. The first kappa shape index (κ1) is 14.9. The predicted octanol–water partition coefficient (Wildman–Crippen LogP) is 2.78. The van der Waals surface area contributed by atoms with Gasteiger partial charge >= 0.3 is 6.18 Å². The molecular formula is C12H10F3NO3. The molecule has 0 aliphatic heterocycles. The molecule has 2 rings (SSSR count). The van der Waals surface area contributed by atoms with E-state index in [1.54, 1.807) is 0 Å². The van der Waals surface area contributed by atoms with Gasteiger partial charge in [0.05, 0.1) is 5.56 Å². The quantitative estimate of drug-likeness (QED) is 0.854. The summed E-state index contributed by atoms with van der Waals surface area (Å²) in [7, 11) is 1.00.